The van der Waals surface area contributed by atoms with Gasteiger partial charge >= 0.3 is 0 Å². The first-order valence-electron chi connectivity index (χ1n) is 8.88. The van der Waals surface area contributed by atoms with Crippen LogP contribution in [0.25, 0.3) is 11.4 Å². The van der Waals surface area contributed by atoms with E-state index >= 15 is 0 Å². The number of hydrogen-bond acceptors (Lipinski definition) is 3. The smallest absolute Gasteiger partial charge is 0.227 e. The van der Waals surface area contributed by atoms with E-state index in [2.05, 4.69) is 22.3 Å². The first-order valence-corrected chi connectivity index (χ1v) is 9.26. The van der Waals surface area contributed by atoms with Gasteiger partial charge in [-0.3, -0.25) is 9.48 Å². The van der Waals surface area contributed by atoms with Gasteiger partial charge in [0.25, 0.3) is 0 Å². The van der Waals surface area contributed by atoms with Crippen LogP contribution in [0, 0.1) is 5.41 Å². The van der Waals surface area contributed by atoms with E-state index < -0.39 is 0 Å². The van der Waals surface area contributed by atoms with Gasteiger partial charge in [0.1, 0.15) is 5.82 Å². The van der Waals surface area contributed by atoms with Crippen LogP contribution in [-0.2, 0) is 18.3 Å². The number of rotatable bonds is 5. The fourth-order valence-corrected chi connectivity index (χ4v) is 3.52. The molecule has 1 amide bonds. The second-order valence-electron chi connectivity index (χ2n) is 7.31. The van der Waals surface area contributed by atoms with Gasteiger partial charge in [0.05, 0.1) is 6.42 Å². The topological polar surface area (TPSA) is 59.8 Å². The van der Waals surface area contributed by atoms with Crippen molar-refractivity contribution in [2.75, 3.05) is 6.54 Å². The predicted molar refractivity (Wildman–Crippen MR) is 99.4 cm³/mol. The summed E-state index contributed by atoms with van der Waals surface area (Å²) in [6.45, 7) is 3.02. The van der Waals surface area contributed by atoms with Gasteiger partial charge in [0, 0.05) is 24.2 Å². The molecule has 0 aliphatic heterocycles. The molecule has 0 spiro atoms. The molecule has 5 nitrogen and oxygen atoms in total. The molecule has 1 saturated carbocycles. The average molecular weight is 361 g/mol. The third-order valence-corrected chi connectivity index (χ3v) is 5.30. The minimum absolute atomic E-state index is 0.00459. The Morgan fingerprint density at radius 3 is 2.60 bits per heavy atom. The van der Waals surface area contributed by atoms with Gasteiger partial charge in [-0.1, -0.05) is 37.8 Å². The van der Waals surface area contributed by atoms with E-state index in [9.17, 15) is 4.79 Å². The molecule has 0 unspecified atom stereocenters. The predicted octanol–water partition coefficient (Wildman–Crippen LogP) is 3.76. The van der Waals surface area contributed by atoms with Crippen LogP contribution in [0.4, 0.5) is 0 Å². The van der Waals surface area contributed by atoms with Crippen molar-refractivity contribution in [3.63, 3.8) is 0 Å². The normalized spacial score (nSPS) is 16.6. The number of benzene rings is 1. The summed E-state index contributed by atoms with van der Waals surface area (Å²) in [7, 11) is 1.82. The first-order chi connectivity index (χ1) is 12.0. The summed E-state index contributed by atoms with van der Waals surface area (Å²) >= 11 is 5.92. The Hall–Kier alpha value is -1.88. The van der Waals surface area contributed by atoms with Crippen LogP contribution in [-0.4, -0.2) is 27.2 Å². The fourth-order valence-electron chi connectivity index (χ4n) is 3.39. The van der Waals surface area contributed by atoms with Crippen LogP contribution in [0.3, 0.4) is 0 Å². The van der Waals surface area contributed by atoms with Crippen molar-refractivity contribution in [2.24, 2.45) is 12.5 Å². The number of aromatic nitrogens is 3. The second-order valence-corrected chi connectivity index (χ2v) is 7.74. The van der Waals surface area contributed by atoms with Crippen LogP contribution in [0.15, 0.2) is 24.3 Å². The Bertz CT molecular complexity index is 732. The molecule has 1 heterocycles. The molecular formula is C19H25ClN4O. The minimum atomic E-state index is 0.00459. The van der Waals surface area contributed by atoms with E-state index in [0.717, 1.165) is 12.1 Å². The van der Waals surface area contributed by atoms with Gasteiger partial charge in [-0.2, -0.15) is 5.10 Å². The molecule has 1 aromatic heterocycles. The van der Waals surface area contributed by atoms with Gasteiger partial charge in [-0.05, 0) is 42.5 Å². The van der Waals surface area contributed by atoms with Crippen molar-refractivity contribution in [1.82, 2.24) is 20.1 Å². The van der Waals surface area contributed by atoms with E-state index in [0.29, 0.717) is 16.7 Å². The molecule has 6 heteroatoms. The minimum Gasteiger partial charge on any atom is -0.355 e. The largest absolute Gasteiger partial charge is 0.355 e. The zero-order valence-electron chi connectivity index (χ0n) is 14.9. The number of nitrogens with one attached hydrogen (secondary N) is 1. The van der Waals surface area contributed by atoms with Gasteiger partial charge in [-0.25, -0.2) is 4.98 Å². The molecule has 134 valence electrons. The Kier molecular flexibility index (Phi) is 5.42. The summed E-state index contributed by atoms with van der Waals surface area (Å²) in [5.74, 6) is 1.28. The van der Waals surface area contributed by atoms with E-state index in [-0.39, 0.29) is 17.7 Å². The van der Waals surface area contributed by atoms with Crippen LogP contribution in [0.2, 0.25) is 5.02 Å². The third-order valence-electron chi connectivity index (χ3n) is 5.05. The maximum absolute atomic E-state index is 12.3. The zero-order valence-corrected chi connectivity index (χ0v) is 15.6. The number of carbonyl (C=O) groups excluding carboxylic acids is 1. The SMILES string of the molecule is Cn1nc(-c2ccc(Cl)cc2)nc1CC(=O)NCC1(C)CCCCC1. The molecular weight excluding hydrogens is 336 g/mol. The molecule has 0 bridgehead atoms. The molecule has 25 heavy (non-hydrogen) atoms. The molecule has 1 N–H and O–H groups in total. The van der Waals surface area contributed by atoms with Crippen LogP contribution >= 0.6 is 11.6 Å². The van der Waals surface area contributed by atoms with E-state index in [4.69, 9.17) is 11.6 Å². The summed E-state index contributed by atoms with van der Waals surface area (Å²) in [4.78, 5) is 16.8. The highest BCUT2D eigenvalue weighted by Gasteiger charge is 2.27. The standard InChI is InChI=1S/C19H25ClN4O/c1-19(10-4-3-5-11-19)13-21-17(25)12-16-22-18(23-24(16)2)14-6-8-15(20)9-7-14/h6-9H,3-5,10-13H2,1-2H3,(H,21,25). The molecule has 3 rings (SSSR count). The summed E-state index contributed by atoms with van der Waals surface area (Å²) in [6, 6.07) is 7.38. The highest BCUT2D eigenvalue weighted by atomic mass is 35.5. The molecule has 0 atom stereocenters. The van der Waals surface area contributed by atoms with Crippen LogP contribution in [0.5, 0.6) is 0 Å². The summed E-state index contributed by atoms with van der Waals surface area (Å²) in [6.07, 6.45) is 6.47. The van der Waals surface area contributed by atoms with Crippen LogP contribution in [0.1, 0.15) is 44.9 Å². The maximum Gasteiger partial charge on any atom is 0.227 e. The van der Waals surface area contributed by atoms with Gasteiger partial charge < -0.3 is 5.32 Å². The monoisotopic (exact) mass is 360 g/mol. The third kappa shape index (κ3) is 4.60. The molecule has 0 saturated heterocycles. The van der Waals surface area contributed by atoms with Crippen molar-refractivity contribution in [1.29, 1.82) is 0 Å². The van der Waals surface area contributed by atoms with Crippen molar-refractivity contribution in [3.05, 3.63) is 35.1 Å². The summed E-state index contributed by atoms with van der Waals surface area (Å²) < 4.78 is 1.67. The van der Waals surface area contributed by atoms with E-state index in [1.165, 1.54) is 32.1 Å². The van der Waals surface area contributed by atoms with Crippen molar-refractivity contribution >= 4 is 17.5 Å². The average Bonchev–Trinajstić information content (AvgIpc) is 2.95. The molecule has 1 fully saturated rings. The summed E-state index contributed by atoms with van der Waals surface area (Å²) in [5, 5.41) is 8.17. The lowest BCUT2D eigenvalue weighted by molar-refractivity contribution is -0.121. The van der Waals surface area contributed by atoms with Crippen LogP contribution < -0.4 is 5.32 Å². The zero-order chi connectivity index (χ0) is 17.9. The lowest BCUT2D eigenvalue weighted by Crippen LogP contribution is -2.38. The number of aryl methyl sites for hydroxylation is 1. The van der Waals surface area contributed by atoms with Crippen molar-refractivity contribution in [2.45, 2.75) is 45.4 Å². The van der Waals surface area contributed by atoms with E-state index in [1.54, 1.807) is 4.68 Å². The lowest BCUT2D eigenvalue weighted by atomic mass is 9.76. The van der Waals surface area contributed by atoms with Crippen molar-refractivity contribution in [3.8, 4) is 11.4 Å². The van der Waals surface area contributed by atoms with E-state index in [1.807, 2.05) is 31.3 Å². The maximum atomic E-state index is 12.3. The number of carbonyl (C=O) groups is 1. The quantitative estimate of drug-likeness (QED) is 0.883. The second kappa shape index (κ2) is 7.56. The molecule has 0 radical (unpaired) electrons. The number of nitrogens with zero attached hydrogens (tertiary/aromatic N) is 3. The number of halogens is 1. The van der Waals surface area contributed by atoms with Gasteiger partial charge in [-0.15, -0.1) is 0 Å². The lowest BCUT2D eigenvalue weighted by Gasteiger charge is -2.33. The molecule has 2 aromatic rings. The van der Waals surface area contributed by atoms with Gasteiger partial charge in [0.2, 0.25) is 5.91 Å². The Morgan fingerprint density at radius 1 is 1.24 bits per heavy atom. The Balaban J connectivity index is 1.60. The molecule has 1 aromatic carbocycles. The van der Waals surface area contributed by atoms with Crippen molar-refractivity contribution < 1.29 is 4.79 Å². The Labute approximate surface area is 153 Å². The Morgan fingerprint density at radius 2 is 1.92 bits per heavy atom. The summed E-state index contributed by atoms with van der Waals surface area (Å²) in [5.41, 5.74) is 1.13. The number of amides is 1. The highest BCUT2D eigenvalue weighted by molar-refractivity contribution is 6.30. The molecule has 1 aliphatic rings. The number of hydrogen-bond donors (Lipinski definition) is 1. The van der Waals surface area contributed by atoms with Gasteiger partial charge in [0.15, 0.2) is 5.82 Å². The highest BCUT2D eigenvalue weighted by Crippen LogP contribution is 2.34. The fraction of sp³-hybridized carbons (Fsp3) is 0.526. The molecule has 1 aliphatic carbocycles. The first kappa shape index (κ1) is 17.9.